The predicted octanol–water partition coefficient (Wildman–Crippen LogP) is 1.98. The largest absolute Gasteiger partial charge is 0.493 e. The molecule has 1 saturated heterocycles. The van der Waals surface area contributed by atoms with E-state index in [0.717, 1.165) is 17.7 Å². The van der Waals surface area contributed by atoms with Crippen LogP contribution in [0.1, 0.15) is 15.9 Å². The van der Waals surface area contributed by atoms with Crippen molar-refractivity contribution in [2.24, 2.45) is 0 Å². The first-order chi connectivity index (χ1) is 13.2. The number of benzene rings is 2. The van der Waals surface area contributed by atoms with E-state index in [1.54, 1.807) is 9.80 Å². The van der Waals surface area contributed by atoms with Crippen LogP contribution in [0, 0.1) is 0 Å². The molecule has 0 aliphatic carbocycles. The summed E-state index contributed by atoms with van der Waals surface area (Å²) in [5, 5.41) is 0. The van der Waals surface area contributed by atoms with Gasteiger partial charge < -0.3 is 19.3 Å². The third kappa shape index (κ3) is 3.89. The van der Waals surface area contributed by atoms with Gasteiger partial charge in [-0.15, -0.1) is 0 Å². The zero-order valence-electron chi connectivity index (χ0n) is 15.1. The Morgan fingerprint density at radius 1 is 0.963 bits per heavy atom. The number of carbonyl (C=O) groups excluding carboxylic acids is 2. The van der Waals surface area contributed by atoms with Crippen LogP contribution in [0.15, 0.2) is 48.5 Å². The number of hydrogen-bond acceptors (Lipinski definition) is 4. The van der Waals surface area contributed by atoms with Gasteiger partial charge in [0.05, 0.1) is 6.61 Å². The lowest BCUT2D eigenvalue weighted by atomic mass is 10.1. The molecular weight excluding hydrogens is 344 g/mol. The summed E-state index contributed by atoms with van der Waals surface area (Å²) < 4.78 is 11.0. The highest BCUT2D eigenvalue weighted by atomic mass is 16.5. The van der Waals surface area contributed by atoms with Crippen LogP contribution >= 0.6 is 0 Å². The molecule has 2 heterocycles. The van der Waals surface area contributed by atoms with Crippen LogP contribution in [0.2, 0.25) is 0 Å². The summed E-state index contributed by atoms with van der Waals surface area (Å²) in [6, 6.07) is 14.9. The average Bonchev–Trinajstić information content (AvgIpc) is 3.20. The van der Waals surface area contributed by atoms with Crippen molar-refractivity contribution in [3.05, 3.63) is 59.7 Å². The second-order valence-corrected chi connectivity index (χ2v) is 6.70. The maximum atomic E-state index is 12.7. The number of nitrogens with zero attached hydrogens (tertiary/aromatic N) is 2. The van der Waals surface area contributed by atoms with E-state index in [1.807, 2.05) is 48.5 Å². The van der Waals surface area contributed by atoms with Crippen LogP contribution in [-0.2, 0) is 11.2 Å². The second kappa shape index (κ2) is 7.70. The average molecular weight is 366 g/mol. The molecule has 0 N–H and O–H groups in total. The highest BCUT2D eigenvalue weighted by molar-refractivity contribution is 5.95. The Labute approximate surface area is 158 Å². The molecule has 2 amide bonds. The van der Waals surface area contributed by atoms with Gasteiger partial charge in [-0.1, -0.05) is 18.2 Å². The summed E-state index contributed by atoms with van der Waals surface area (Å²) in [5.41, 5.74) is 1.78. The van der Waals surface area contributed by atoms with Gasteiger partial charge in [-0.2, -0.15) is 0 Å². The van der Waals surface area contributed by atoms with Crippen molar-refractivity contribution in [1.82, 2.24) is 9.80 Å². The minimum absolute atomic E-state index is 0.0114. The Kier molecular flexibility index (Phi) is 4.96. The molecule has 0 radical (unpaired) electrons. The lowest BCUT2D eigenvalue weighted by Crippen LogP contribution is -2.51. The molecule has 6 heteroatoms. The van der Waals surface area contributed by atoms with E-state index in [9.17, 15) is 9.59 Å². The van der Waals surface area contributed by atoms with E-state index in [1.165, 1.54) is 0 Å². The monoisotopic (exact) mass is 366 g/mol. The first kappa shape index (κ1) is 17.4. The fourth-order valence-electron chi connectivity index (χ4n) is 3.41. The van der Waals surface area contributed by atoms with Crippen LogP contribution < -0.4 is 9.47 Å². The minimum atomic E-state index is -0.0550. The number of rotatable bonds is 4. The molecule has 1 fully saturated rings. The van der Waals surface area contributed by atoms with Gasteiger partial charge in [0.15, 0.2) is 6.61 Å². The molecule has 6 nitrogen and oxygen atoms in total. The Bertz CT molecular complexity index is 829. The summed E-state index contributed by atoms with van der Waals surface area (Å²) in [4.78, 5) is 28.6. The van der Waals surface area contributed by atoms with Crippen molar-refractivity contribution in [2.45, 2.75) is 6.42 Å². The molecule has 0 atom stereocenters. The van der Waals surface area contributed by atoms with Crippen molar-refractivity contribution in [3.63, 3.8) is 0 Å². The van der Waals surface area contributed by atoms with Crippen molar-refractivity contribution >= 4 is 11.8 Å². The maximum absolute atomic E-state index is 12.7. The highest BCUT2D eigenvalue weighted by Gasteiger charge is 2.26. The first-order valence-corrected chi connectivity index (χ1v) is 9.21. The van der Waals surface area contributed by atoms with Crippen molar-refractivity contribution in [1.29, 1.82) is 0 Å². The quantitative estimate of drug-likeness (QED) is 0.830. The molecule has 0 saturated carbocycles. The normalized spacial score (nSPS) is 15.9. The predicted molar refractivity (Wildman–Crippen MR) is 100 cm³/mol. The number of carbonyl (C=O) groups is 2. The molecule has 0 bridgehead atoms. The number of amides is 2. The molecule has 0 unspecified atom stereocenters. The Morgan fingerprint density at radius 2 is 1.70 bits per heavy atom. The fraction of sp³-hybridized carbons (Fsp3) is 0.333. The van der Waals surface area contributed by atoms with Gasteiger partial charge in [-0.25, -0.2) is 0 Å². The van der Waals surface area contributed by atoms with E-state index in [2.05, 4.69) is 0 Å². The Morgan fingerprint density at radius 3 is 2.48 bits per heavy atom. The van der Waals surface area contributed by atoms with Crippen LogP contribution in [0.5, 0.6) is 11.5 Å². The molecule has 27 heavy (non-hydrogen) atoms. The number of para-hydroxylation sites is 1. The number of piperazine rings is 1. The molecule has 4 rings (SSSR count). The first-order valence-electron chi connectivity index (χ1n) is 9.21. The van der Waals surface area contributed by atoms with Crippen LogP contribution in [0.25, 0.3) is 0 Å². The van der Waals surface area contributed by atoms with Gasteiger partial charge in [-0.3, -0.25) is 9.59 Å². The lowest BCUT2D eigenvalue weighted by molar-refractivity contribution is -0.134. The topological polar surface area (TPSA) is 59.1 Å². The van der Waals surface area contributed by atoms with Crippen LogP contribution in [-0.4, -0.2) is 61.0 Å². The molecule has 2 aromatic carbocycles. The molecular formula is C21H22N2O4. The number of fused-ring (bicyclic) bond motifs is 1. The Balaban J connectivity index is 1.29. The second-order valence-electron chi connectivity index (χ2n) is 6.70. The third-order valence-corrected chi connectivity index (χ3v) is 4.96. The Hall–Kier alpha value is -3.02. The van der Waals surface area contributed by atoms with E-state index >= 15 is 0 Å². The minimum Gasteiger partial charge on any atom is -0.493 e. The third-order valence-electron chi connectivity index (χ3n) is 4.96. The zero-order valence-corrected chi connectivity index (χ0v) is 15.1. The highest BCUT2D eigenvalue weighted by Crippen LogP contribution is 2.26. The van der Waals surface area contributed by atoms with Gasteiger partial charge in [-0.05, 0) is 35.9 Å². The summed E-state index contributed by atoms with van der Waals surface area (Å²) in [5.74, 6) is 1.51. The van der Waals surface area contributed by atoms with E-state index < -0.39 is 0 Å². The van der Waals surface area contributed by atoms with Gasteiger partial charge in [0, 0.05) is 38.2 Å². The van der Waals surface area contributed by atoms with Gasteiger partial charge in [0.1, 0.15) is 11.5 Å². The van der Waals surface area contributed by atoms with Gasteiger partial charge in [0.2, 0.25) is 0 Å². The standard InChI is InChI=1S/C21H22N2O4/c24-20(15-27-18-4-2-1-3-5-18)22-9-11-23(12-10-22)21(25)17-6-7-19-16(14-17)8-13-26-19/h1-7,14H,8-13,15H2. The lowest BCUT2D eigenvalue weighted by Gasteiger charge is -2.34. The van der Waals surface area contributed by atoms with Gasteiger partial charge in [0.25, 0.3) is 11.8 Å². The maximum Gasteiger partial charge on any atom is 0.260 e. The van der Waals surface area contributed by atoms with Crippen LogP contribution in [0.4, 0.5) is 0 Å². The van der Waals surface area contributed by atoms with Crippen molar-refractivity contribution in [3.8, 4) is 11.5 Å². The van der Waals surface area contributed by atoms with E-state index in [4.69, 9.17) is 9.47 Å². The van der Waals surface area contributed by atoms with Crippen LogP contribution in [0.3, 0.4) is 0 Å². The molecule has 140 valence electrons. The number of ether oxygens (including phenoxy) is 2. The van der Waals surface area contributed by atoms with Crippen molar-refractivity contribution < 1.29 is 19.1 Å². The fourth-order valence-corrected chi connectivity index (χ4v) is 3.41. The summed E-state index contributed by atoms with van der Waals surface area (Å²) in [6.07, 6.45) is 0.847. The molecule has 0 spiro atoms. The SMILES string of the molecule is O=C(COc1ccccc1)N1CCN(C(=O)c2ccc3c(c2)CCO3)CC1. The summed E-state index contributed by atoms with van der Waals surface area (Å²) >= 11 is 0. The molecule has 0 aromatic heterocycles. The molecule has 2 aliphatic heterocycles. The zero-order chi connectivity index (χ0) is 18.6. The summed E-state index contributed by atoms with van der Waals surface area (Å²) in [7, 11) is 0. The smallest absolute Gasteiger partial charge is 0.260 e. The molecule has 2 aliphatic rings. The number of hydrogen-bond donors (Lipinski definition) is 0. The van der Waals surface area contributed by atoms with E-state index in [0.29, 0.717) is 44.1 Å². The van der Waals surface area contributed by atoms with E-state index in [-0.39, 0.29) is 18.4 Å². The molecule has 2 aromatic rings. The summed E-state index contributed by atoms with van der Waals surface area (Å²) in [6.45, 7) is 2.81. The van der Waals surface area contributed by atoms with Gasteiger partial charge >= 0.3 is 0 Å². The van der Waals surface area contributed by atoms with Crippen molar-refractivity contribution in [2.75, 3.05) is 39.4 Å².